The first-order valence-corrected chi connectivity index (χ1v) is 9.54. The molecule has 0 fully saturated rings. The van der Waals surface area contributed by atoms with Gasteiger partial charge in [0.2, 0.25) is 0 Å². The maximum atomic E-state index is 4.05. The van der Waals surface area contributed by atoms with Gasteiger partial charge in [-0.2, -0.15) is 0 Å². The minimum Gasteiger partial charge on any atom is -0.359 e. The summed E-state index contributed by atoms with van der Waals surface area (Å²) >= 11 is 1.71. The van der Waals surface area contributed by atoms with Gasteiger partial charge in [-0.1, -0.05) is 34.6 Å². The summed E-state index contributed by atoms with van der Waals surface area (Å²) in [6.07, 6.45) is 2.90. The molecule has 0 aliphatic rings. The Balaban J connectivity index is -0.000000120. The van der Waals surface area contributed by atoms with Crippen LogP contribution in [0.15, 0.2) is 21.6 Å². The maximum Gasteiger partial charge on any atom is 0.190 e. The molecule has 0 amide bonds. The number of nitrogens with one attached hydrogen (secondary N) is 4. The highest BCUT2D eigenvalue weighted by molar-refractivity contribution is 7.09. The molecule has 0 aromatic carbocycles. The molecule has 0 saturated heterocycles. The van der Waals surface area contributed by atoms with Gasteiger partial charge in [0.15, 0.2) is 11.9 Å². The van der Waals surface area contributed by atoms with Gasteiger partial charge in [0.1, 0.15) is 0 Å². The Kier molecular flexibility index (Phi) is 37.3. The average Bonchev–Trinajstić information content (AvgIpc) is 3.23. The summed E-state index contributed by atoms with van der Waals surface area (Å²) in [5.74, 6) is 1.61. The number of aryl methyl sites for hydroxylation is 1. The molecule has 1 heterocycles. The number of thiazole rings is 1. The Bertz CT molecular complexity index is 344. The zero-order valence-electron chi connectivity index (χ0n) is 18.1. The second-order valence-electron chi connectivity index (χ2n) is 3.42. The Hall–Kier alpha value is -1.83. The van der Waals surface area contributed by atoms with E-state index in [9.17, 15) is 0 Å². The Morgan fingerprint density at radius 2 is 1.24 bits per heavy atom. The van der Waals surface area contributed by atoms with E-state index in [-0.39, 0.29) is 0 Å². The fraction of sp³-hybridized carbons (Fsp3) is 0.706. The van der Waals surface area contributed by atoms with Gasteiger partial charge in [0.05, 0.1) is 5.01 Å². The van der Waals surface area contributed by atoms with Crippen LogP contribution in [-0.2, 0) is 6.42 Å². The second-order valence-corrected chi connectivity index (χ2v) is 4.40. The summed E-state index contributed by atoms with van der Waals surface area (Å²) in [6.45, 7) is 10.1. The molecule has 0 saturated carbocycles. The largest absolute Gasteiger partial charge is 0.359 e. The predicted molar refractivity (Wildman–Crippen MR) is 117 cm³/mol. The molecule has 0 radical (unpaired) electrons. The van der Waals surface area contributed by atoms with Crippen LogP contribution in [0.25, 0.3) is 0 Å². The summed E-state index contributed by atoms with van der Waals surface area (Å²) in [5, 5.41) is 14.6. The number of aromatic nitrogens is 1. The molecule has 150 valence electrons. The molecule has 0 spiro atoms. The van der Waals surface area contributed by atoms with Crippen LogP contribution in [0.4, 0.5) is 0 Å². The summed E-state index contributed by atoms with van der Waals surface area (Å²) in [4.78, 5) is 11.7. The molecule has 1 rings (SSSR count). The summed E-state index contributed by atoms with van der Waals surface area (Å²) in [6, 6.07) is 0. The molecule has 0 aliphatic carbocycles. The van der Waals surface area contributed by atoms with E-state index in [1.54, 1.807) is 25.4 Å². The van der Waals surface area contributed by atoms with E-state index in [1.165, 1.54) is 5.01 Å². The second kappa shape index (κ2) is 30.1. The molecule has 0 bridgehead atoms. The molecule has 0 atom stereocenters. The number of hydrogen-bond acceptors (Lipinski definition) is 4. The first-order valence-electron chi connectivity index (χ1n) is 8.66. The van der Waals surface area contributed by atoms with Crippen LogP contribution in [0, 0.1) is 0 Å². The SMILES string of the molecule is CC.CC.CCc1nccs1.CN=C(NC)NC.CN=C(NC)NC. The van der Waals surface area contributed by atoms with Crippen molar-refractivity contribution in [3.8, 4) is 0 Å². The van der Waals surface area contributed by atoms with E-state index < -0.39 is 0 Å². The van der Waals surface area contributed by atoms with Crippen molar-refractivity contribution in [2.24, 2.45) is 9.98 Å². The third-order valence-electron chi connectivity index (χ3n) is 2.18. The lowest BCUT2D eigenvalue weighted by molar-refractivity contribution is 1.01. The van der Waals surface area contributed by atoms with Gasteiger partial charge < -0.3 is 21.3 Å². The van der Waals surface area contributed by atoms with Crippen molar-refractivity contribution in [2.45, 2.75) is 41.0 Å². The van der Waals surface area contributed by atoms with Crippen LogP contribution in [0.5, 0.6) is 0 Å². The zero-order valence-corrected chi connectivity index (χ0v) is 18.9. The molecule has 7 nitrogen and oxygen atoms in total. The van der Waals surface area contributed by atoms with Crippen LogP contribution in [0.1, 0.15) is 39.6 Å². The van der Waals surface area contributed by atoms with Gasteiger partial charge >= 0.3 is 0 Å². The van der Waals surface area contributed by atoms with Crippen LogP contribution >= 0.6 is 11.3 Å². The van der Waals surface area contributed by atoms with Gasteiger partial charge in [-0.15, -0.1) is 11.3 Å². The van der Waals surface area contributed by atoms with Crippen LogP contribution in [-0.4, -0.2) is 59.2 Å². The van der Waals surface area contributed by atoms with Gasteiger partial charge in [-0.05, 0) is 6.42 Å². The smallest absolute Gasteiger partial charge is 0.190 e. The first kappa shape index (κ1) is 31.0. The van der Waals surface area contributed by atoms with E-state index >= 15 is 0 Å². The topological polar surface area (TPSA) is 85.7 Å². The summed E-state index contributed by atoms with van der Waals surface area (Å²) in [7, 11) is 10.7. The van der Waals surface area contributed by atoms with Gasteiger partial charge in [0, 0.05) is 53.9 Å². The van der Waals surface area contributed by atoms with E-state index in [2.05, 4.69) is 43.2 Å². The molecular weight excluding hydrogens is 334 g/mol. The van der Waals surface area contributed by atoms with Crippen molar-refractivity contribution in [1.29, 1.82) is 0 Å². The van der Waals surface area contributed by atoms with E-state index in [0.29, 0.717) is 0 Å². The monoisotopic (exact) mass is 375 g/mol. The number of rotatable bonds is 1. The van der Waals surface area contributed by atoms with Crippen LogP contribution < -0.4 is 21.3 Å². The summed E-state index contributed by atoms with van der Waals surface area (Å²) in [5.41, 5.74) is 0. The van der Waals surface area contributed by atoms with E-state index in [4.69, 9.17) is 0 Å². The third-order valence-corrected chi connectivity index (χ3v) is 3.10. The average molecular weight is 376 g/mol. The minimum atomic E-state index is 0.806. The van der Waals surface area contributed by atoms with Crippen molar-refractivity contribution in [1.82, 2.24) is 26.3 Å². The molecular formula is C17H41N7S. The lowest BCUT2D eigenvalue weighted by Gasteiger charge is -1.99. The van der Waals surface area contributed by atoms with Crippen molar-refractivity contribution < 1.29 is 0 Å². The fourth-order valence-electron chi connectivity index (χ4n) is 1.12. The fourth-order valence-corrected chi connectivity index (χ4v) is 1.69. The lowest BCUT2D eigenvalue weighted by atomic mass is 10.5. The molecule has 25 heavy (non-hydrogen) atoms. The standard InChI is InChI=1S/C5H7NS.2C4H11N3.2C2H6/c1-2-5-6-3-4-7-5;2*1-5-4(6-2)7-3;2*1-2/h3-4H,2H2,1H3;2*1-3H3,(H2,5,6,7);2*1-2H3. The zero-order chi connectivity index (χ0) is 20.5. The van der Waals surface area contributed by atoms with Crippen LogP contribution in [0.2, 0.25) is 0 Å². The Morgan fingerprint density at radius 3 is 1.32 bits per heavy atom. The van der Waals surface area contributed by atoms with E-state index in [0.717, 1.165) is 18.3 Å². The highest BCUT2D eigenvalue weighted by Crippen LogP contribution is 2.02. The lowest BCUT2D eigenvalue weighted by Crippen LogP contribution is -2.31. The first-order chi connectivity index (χ1) is 12.1. The van der Waals surface area contributed by atoms with Crippen molar-refractivity contribution >= 4 is 23.3 Å². The number of nitrogens with zero attached hydrogens (tertiary/aromatic N) is 3. The molecule has 1 aromatic heterocycles. The van der Waals surface area contributed by atoms with Gasteiger partial charge in [-0.3, -0.25) is 9.98 Å². The maximum absolute atomic E-state index is 4.05. The Labute approximate surface area is 159 Å². The van der Waals surface area contributed by atoms with E-state index in [1.807, 2.05) is 67.5 Å². The predicted octanol–water partition coefficient (Wildman–Crippen LogP) is 2.58. The molecule has 0 aliphatic heterocycles. The van der Waals surface area contributed by atoms with Crippen molar-refractivity contribution in [3.63, 3.8) is 0 Å². The number of aliphatic imine (C=N–C) groups is 2. The van der Waals surface area contributed by atoms with Crippen LogP contribution in [0.3, 0.4) is 0 Å². The molecule has 1 aromatic rings. The highest BCUT2D eigenvalue weighted by atomic mass is 32.1. The van der Waals surface area contributed by atoms with Gasteiger partial charge in [-0.25, -0.2) is 4.98 Å². The number of hydrogen-bond donors (Lipinski definition) is 4. The molecule has 0 unspecified atom stereocenters. The minimum absolute atomic E-state index is 0.806. The van der Waals surface area contributed by atoms with Crippen molar-refractivity contribution in [3.05, 3.63) is 16.6 Å². The molecule has 4 N–H and O–H groups in total. The normalized spacial score (nSPS) is 7.16. The summed E-state index contributed by atoms with van der Waals surface area (Å²) < 4.78 is 0. The quantitative estimate of drug-likeness (QED) is 0.448. The number of guanidine groups is 2. The third kappa shape index (κ3) is 24.5. The van der Waals surface area contributed by atoms with Crippen molar-refractivity contribution in [2.75, 3.05) is 42.3 Å². The Morgan fingerprint density at radius 1 is 0.880 bits per heavy atom. The van der Waals surface area contributed by atoms with Gasteiger partial charge in [0.25, 0.3) is 0 Å². The molecule has 8 heteroatoms. The highest BCUT2D eigenvalue weighted by Gasteiger charge is 1.84.